The second-order valence-electron chi connectivity index (χ2n) is 4.18. The van der Waals surface area contributed by atoms with Gasteiger partial charge >= 0.3 is 0 Å². The number of anilines is 1. The molecule has 0 amide bonds. The van der Waals surface area contributed by atoms with Crippen molar-refractivity contribution in [2.24, 2.45) is 11.8 Å². The Hall–Kier alpha value is -0.470. The molecule has 1 N–H and O–H groups in total. The summed E-state index contributed by atoms with van der Waals surface area (Å²) in [6.45, 7) is 3.19. The van der Waals surface area contributed by atoms with E-state index in [0.29, 0.717) is 16.0 Å². The summed E-state index contributed by atoms with van der Waals surface area (Å²) in [5.41, 5.74) is 0. The van der Waals surface area contributed by atoms with Crippen molar-refractivity contribution in [3.8, 4) is 0 Å². The van der Waals surface area contributed by atoms with Gasteiger partial charge in [0.15, 0.2) is 0 Å². The standard InChI is InChI=1S/C11H14Cl2N2/c1-7(8-2-3-8)5-14-11-10(13)4-9(12)6-15-11/h4,6-8H,2-3,5H2,1H3,(H,14,15). The van der Waals surface area contributed by atoms with Crippen LogP contribution in [0.4, 0.5) is 5.82 Å². The summed E-state index contributed by atoms with van der Waals surface area (Å²) in [6, 6.07) is 1.71. The fourth-order valence-corrected chi connectivity index (χ4v) is 2.08. The highest BCUT2D eigenvalue weighted by Gasteiger charge is 2.27. The maximum Gasteiger partial charge on any atom is 0.144 e. The predicted molar refractivity (Wildman–Crippen MR) is 64.6 cm³/mol. The summed E-state index contributed by atoms with van der Waals surface area (Å²) in [5, 5.41) is 4.42. The molecule has 1 aliphatic rings. The van der Waals surface area contributed by atoms with Gasteiger partial charge in [-0.2, -0.15) is 0 Å². The molecule has 2 nitrogen and oxygen atoms in total. The van der Waals surface area contributed by atoms with E-state index in [-0.39, 0.29) is 0 Å². The van der Waals surface area contributed by atoms with E-state index in [0.717, 1.165) is 18.3 Å². The van der Waals surface area contributed by atoms with Crippen LogP contribution in [0, 0.1) is 11.8 Å². The first-order valence-electron chi connectivity index (χ1n) is 5.21. The number of halogens is 2. The summed E-state index contributed by atoms with van der Waals surface area (Å²) >= 11 is 11.8. The van der Waals surface area contributed by atoms with Crippen LogP contribution in [0.1, 0.15) is 19.8 Å². The van der Waals surface area contributed by atoms with E-state index in [9.17, 15) is 0 Å². The van der Waals surface area contributed by atoms with Crippen molar-refractivity contribution in [1.82, 2.24) is 4.98 Å². The maximum atomic E-state index is 6.00. The Morgan fingerprint density at radius 3 is 2.87 bits per heavy atom. The predicted octanol–water partition coefficient (Wildman–Crippen LogP) is 3.85. The molecule has 1 aliphatic carbocycles. The zero-order valence-corrected chi connectivity index (χ0v) is 10.1. The van der Waals surface area contributed by atoms with Crippen LogP contribution in [0.5, 0.6) is 0 Å². The van der Waals surface area contributed by atoms with Gasteiger partial charge in [-0.05, 0) is 30.7 Å². The third kappa shape index (κ3) is 2.99. The van der Waals surface area contributed by atoms with Gasteiger partial charge in [0.05, 0.1) is 10.0 Å². The Kier molecular flexibility index (Phi) is 3.37. The topological polar surface area (TPSA) is 24.9 Å². The van der Waals surface area contributed by atoms with Crippen LogP contribution >= 0.6 is 23.2 Å². The normalized spacial score (nSPS) is 17.5. The van der Waals surface area contributed by atoms with Gasteiger partial charge in [-0.15, -0.1) is 0 Å². The molecule has 0 aromatic carbocycles. The van der Waals surface area contributed by atoms with E-state index in [4.69, 9.17) is 23.2 Å². The van der Waals surface area contributed by atoms with Gasteiger partial charge in [0, 0.05) is 12.7 Å². The number of aromatic nitrogens is 1. The van der Waals surface area contributed by atoms with Crippen LogP contribution in [0.25, 0.3) is 0 Å². The average molecular weight is 245 g/mol. The lowest BCUT2D eigenvalue weighted by atomic mass is 10.1. The molecule has 4 heteroatoms. The van der Waals surface area contributed by atoms with Crippen LogP contribution < -0.4 is 5.32 Å². The first kappa shape index (κ1) is 11.0. The van der Waals surface area contributed by atoms with E-state index in [1.54, 1.807) is 12.3 Å². The second kappa shape index (κ2) is 4.58. The molecular weight excluding hydrogens is 231 g/mol. The molecule has 1 saturated carbocycles. The van der Waals surface area contributed by atoms with Crippen molar-refractivity contribution in [1.29, 1.82) is 0 Å². The molecule has 82 valence electrons. The highest BCUT2D eigenvalue weighted by molar-refractivity contribution is 6.35. The fourth-order valence-electron chi connectivity index (χ4n) is 1.63. The van der Waals surface area contributed by atoms with Crippen molar-refractivity contribution >= 4 is 29.0 Å². The Bertz CT molecular complexity index is 350. The van der Waals surface area contributed by atoms with E-state index in [1.165, 1.54) is 12.8 Å². The Morgan fingerprint density at radius 1 is 1.53 bits per heavy atom. The van der Waals surface area contributed by atoms with E-state index >= 15 is 0 Å². The summed E-state index contributed by atoms with van der Waals surface area (Å²) < 4.78 is 0. The Morgan fingerprint density at radius 2 is 2.27 bits per heavy atom. The lowest BCUT2D eigenvalue weighted by Gasteiger charge is -2.12. The summed E-state index contributed by atoms with van der Waals surface area (Å²) in [7, 11) is 0. The van der Waals surface area contributed by atoms with Gasteiger partial charge in [-0.25, -0.2) is 4.98 Å². The number of nitrogens with zero attached hydrogens (tertiary/aromatic N) is 1. The SMILES string of the molecule is CC(CNc1ncc(Cl)cc1Cl)C1CC1. The quantitative estimate of drug-likeness (QED) is 0.871. The molecule has 1 unspecified atom stereocenters. The van der Waals surface area contributed by atoms with Crippen LogP contribution in [0.2, 0.25) is 10.0 Å². The van der Waals surface area contributed by atoms with Crippen LogP contribution in [0.15, 0.2) is 12.3 Å². The van der Waals surface area contributed by atoms with E-state index in [1.807, 2.05) is 0 Å². The number of hydrogen-bond donors (Lipinski definition) is 1. The van der Waals surface area contributed by atoms with Crippen molar-refractivity contribution in [2.45, 2.75) is 19.8 Å². The molecule has 0 bridgehead atoms. The fraction of sp³-hybridized carbons (Fsp3) is 0.545. The smallest absolute Gasteiger partial charge is 0.144 e. The van der Waals surface area contributed by atoms with Gasteiger partial charge in [0.2, 0.25) is 0 Å². The molecule has 0 aliphatic heterocycles. The Balaban J connectivity index is 1.92. The van der Waals surface area contributed by atoms with Crippen molar-refractivity contribution in [2.75, 3.05) is 11.9 Å². The zero-order valence-electron chi connectivity index (χ0n) is 8.63. The lowest BCUT2D eigenvalue weighted by Crippen LogP contribution is -2.13. The summed E-state index contributed by atoms with van der Waals surface area (Å²) in [5.74, 6) is 2.32. The number of rotatable bonds is 4. The summed E-state index contributed by atoms with van der Waals surface area (Å²) in [4.78, 5) is 4.15. The van der Waals surface area contributed by atoms with Crippen LogP contribution in [-0.4, -0.2) is 11.5 Å². The molecule has 0 radical (unpaired) electrons. The van der Waals surface area contributed by atoms with Gasteiger partial charge in [-0.1, -0.05) is 30.1 Å². The molecule has 1 aromatic heterocycles. The highest BCUT2D eigenvalue weighted by atomic mass is 35.5. The maximum absolute atomic E-state index is 6.00. The number of nitrogens with one attached hydrogen (secondary N) is 1. The molecule has 2 rings (SSSR count). The molecule has 1 fully saturated rings. The molecule has 0 spiro atoms. The first-order valence-corrected chi connectivity index (χ1v) is 5.97. The van der Waals surface area contributed by atoms with Crippen molar-refractivity contribution in [3.05, 3.63) is 22.3 Å². The minimum Gasteiger partial charge on any atom is -0.369 e. The van der Waals surface area contributed by atoms with Crippen molar-refractivity contribution < 1.29 is 0 Å². The molecule has 1 heterocycles. The minimum absolute atomic E-state index is 0.570. The molecule has 1 aromatic rings. The highest BCUT2D eigenvalue weighted by Crippen LogP contribution is 2.36. The monoisotopic (exact) mass is 244 g/mol. The zero-order chi connectivity index (χ0) is 10.8. The number of hydrogen-bond acceptors (Lipinski definition) is 2. The third-order valence-corrected chi connectivity index (χ3v) is 3.32. The molecular formula is C11H14Cl2N2. The largest absolute Gasteiger partial charge is 0.369 e. The molecule has 1 atom stereocenters. The molecule has 0 saturated heterocycles. The van der Waals surface area contributed by atoms with Gasteiger partial charge in [0.1, 0.15) is 5.82 Å². The van der Waals surface area contributed by atoms with Gasteiger partial charge in [-0.3, -0.25) is 0 Å². The average Bonchev–Trinajstić information content (AvgIpc) is 2.99. The van der Waals surface area contributed by atoms with Crippen molar-refractivity contribution in [3.63, 3.8) is 0 Å². The van der Waals surface area contributed by atoms with E-state index < -0.39 is 0 Å². The number of pyridine rings is 1. The molecule has 15 heavy (non-hydrogen) atoms. The third-order valence-electron chi connectivity index (χ3n) is 2.83. The van der Waals surface area contributed by atoms with Gasteiger partial charge < -0.3 is 5.32 Å². The second-order valence-corrected chi connectivity index (χ2v) is 5.02. The van der Waals surface area contributed by atoms with Crippen LogP contribution in [0.3, 0.4) is 0 Å². The van der Waals surface area contributed by atoms with Gasteiger partial charge in [0.25, 0.3) is 0 Å². The minimum atomic E-state index is 0.570. The summed E-state index contributed by atoms with van der Waals surface area (Å²) in [6.07, 6.45) is 4.34. The van der Waals surface area contributed by atoms with Crippen LogP contribution in [-0.2, 0) is 0 Å². The first-order chi connectivity index (χ1) is 7.16. The van der Waals surface area contributed by atoms with E-state index in [2.05, 4.69) is 17.2 Å². The Labute approximate surface area is 100.0 Å². The lowest BCUT2D eigenvalue weighted by molar-refractivity contribution is 0.536.